The molecular weight excluding hydrogens is 314 g/mol. The van der Waals surface area contributed by atoms with Gasteiger partial charge in [-0.2, -0.15) is 4.39 Å². The Hall–Kier alpha value is -2.83. The van der Waals surface area contributed by atoms with E-state index in [0.717, 1.165) is 11.6 Å². The van der Waals surface area contributed by atoms with E-state index in [1.54, 1.807) is 30.3 Å². The van der Waals surface area contributed by atoms with Gasteiger partial charge in [-0.1, -0.05) is 30.3 Å². The Balaban J connectivity index is 2.15. The minimum absolute atomic E-state index is 0.166. The highest BCUT2D eigenvalue weighted by atomic mass is 19.2. The van der Waals surface area contributed by atoms with Crippen molar-refractivity contribution in [2.45, 2.75) is 6.54 Å². The summed E-state index contributed by atoms with van der Waals surface area (Å²) in [5.74, 6) is -7.37. The Kier molecular flexibility index (Phi) is 3.77. The zero-order chi connectivity index (χ0) is 16.6. The lowest BCUT2D eigenvalue weighted by atomic mass is 10.1. The number of halogens is 4. The molecule has 0 amide bonds. The van der Waals surface area contributed by atoms with Crippen LogP contribution in [0.4, 0.5) is 23.2 Å². The van der Waals surface area contributed by atoms with Crippen molar-refractivity contribution in [1.29, 1.82) is 0 Å². The van der Waals surface area contributed by atoms with Crippen molar-refractivity contribution in [2.75, 3.05) is 5.32 Å². The van der Waals surface area contributed by atoms with Crippen LogP contribution in [0.25, 0.3) is 11.0 Å². The van der Waals surface area contributed by atoms with E-state index in [1.165, 1.54) is 0 Å². The molecule has 3 nitrogen and oxygen atoms in total. The Morgan fingerprint density at radius 3 is 2.26 bits per heavy atom. The first-order valence-corrected chi connectivity index (χ1v) is 6.56. The monoisotopic (exact) mass is 323 g/mol. The minimum Gasteiger partial charge on any atom is -0.419 e. The molecule has 0 aliphatic carbocycles. The van der Waals surface area contributed by atoms with E-state index in [0.29, 0.717) is 0 Å². The fourth-order valence-corrected chi connectivity index (χ4v) is 2.20. The van der Waals surface area contributed by atoms with Crippen molar-refractivity contribution in [3.63, 3.8) is 0 Å². The molecular formula is C16H9F4NO2. The average molecular weight is 323 g/mol. The molecule has 118 valence electrons. The Bertz CT molecular complexity index is 938. The summed E-state index contributed by atoms with van der Waals surface area (Å²) < 4.78 is 58.9. The molecule has 0 atom stereocenters. The highest BCUT2D eigenvalue weighted by molar-refractivity contribution is 5.90. The molecule has 3 aromatic rings. The zero-order valence-electron chi connectivity index (χ0n) is 11.5. The van der Waals surface area contributed by atoms with E-state index >= 15 is 0 Å². The summed E-state index contributed by atoms with van der Waals surface area (Å²) in [5, 5.41) is 2.05. The van der Waals surface area contributed by atoms with Crippen molar-refractivity contribution in [3.05, 3.63) is 75.7 Å². The first-order valence-electron chi connectivity index (χ1n) is 6.56. The number of hydrogen-bond acceptors (Lipinski definition) is 3. The molecule has 0 bridgehead atoms. The smallest absolute Gasteiger partial charge is 0.338 e. The summed E-state index contributed by atoms with van der Waals surface area (Å²) in [4.78, 5) is 11.5. The predicted octanol–water partition coefficient (Wildman–Crippen LogP) is 3.96. The van der Waals surface area contributed by atoms with Crippen LogP contribution in [0, 0.1) is 23.3 Å². The molecule has 0 unspecified atom stereocenters. The van der Waals surface area contributed by atoms with Gasteiger partial charge >= 0.3 is 5.63 Å². The molecule has 3 rings (SSSR count). The van der Waals surface area contributed by atoms with E-state index < -0.39 is 39.9 Å². The van der Waals surface area contributed by atoms with Crippen LogP contribution in [-0.4, -0.2) is 0 Å². The van der Waals surface area contributed by atoms with Gasteiger partial charge in [0.15, 0.2) is 17.2 Å². The van der Waals surface area contributed by atoms with Gasteiger partial charge in [-0.3, -0.25) is 0 Å². The summed E-state index contributed by atoms with van der Waals surface area (Å²) in [6.07, 6.45) is 0. The molecule has 0 saturated carbocycles. The fraction of sp³-hybridized carbons (Fsp3) is 0.0625. The zero-order valence-corrected chi connectivity index (χ0v) is 11.5. The van der Waals surface area contributed by atoms with Crippen molar-refractivity contribution in [2.24, 2.45) is 0 Å². The van der Waals surface area contributed by atoms with Gasteiger partial charge in [0.25, 0.3) is 0 Å². The third-order valence-corrected chi connectivity index (χ3v) is 3.28. The van der Waals surface area contributed by atoms with Gasteiger partial charge in [0.1, 0.15) is 0 Å². The van der Waals surface area contributed by atoms with Gasteiger partial charge in [0, 0.05) is 12.6 Å². The van der Waals surface area contributed by atoms with E-state index in [-0.39, 0.29) is 12.2 Å². The van der Waals surface area contributed by atoms with Gasteiger partial charge in [-0.05, 0) is 5.56 Å². The molecule has 2 aromatic carbocycles. The van der Waals surface area contributed by atoms with Crippen LogP contribution in [0.2, 0.25) is 0 Å². The second-order valence-corrected chi connectivity index (χ2v) is 4.78. The predicted molar refractivity (Wildman–Crippen MR) is 76.1 cm³/mol. The summed E-state index contributed by atoms with van der Waals surface area (Å²) in [6.45, 7) is 0.166. The molecule has 1 N–H and O–H groups in total. The van der Waals surface area contributed by atoms with Crippen LogP contribution in [0.1, 0.15) is 5.56 Å². The van der Waals surface area contributed by atoms with Crippen LogP contribution in [-0.2, 0) is 6.54 Å². The summed E-state index contributed by atoms with van der Waals surface area (Å²) in [5.41, 5.74) is -1.38. The molecule has 0 fully saturated rings. The topological polar surface area (TPSA) is 42.2 Å². The molecule has 23 heavy (non-hydrogen) atoms. The van der Waals surface area contributed by atoms with Crippen molar-refractivity contribution in [1.82, 2.24) is 0 Å². The Morgan fingerprint density at radius 1 is 0.913 bits per heavy atom. The van der Waals surface area contributed by atoms with Gasteiger partial charge < -0.3 is 9.73 Å². The fourth-order valence-electron chi connectivity index (χ4n) is 2.20. The maximum atomic E-state index is 14.0. The lowest BCUT2D eigenvalue weighted by Crippen LogP contribution is -2.09. The van der Waals surface area contributed by atoms with Gasteiger partial charge in [0.05, 0.1) is 11.1 Å². The number of fused-ring (bicyclic) bond motifs is 1. The maximum Gasteiger partial charge on any atom is 0.338 e. The highest BCUT2D eigenvalue weighted by Gasteiger charge is 2.24. The Labute approximate surface area is 127 Å². The van der Waals surface area contributed by atoms with Gasteiger partial charge in [-0.25, -0.2) is 18.0 Å². The van der Waals surface area contributed by atoms with E-state index in [9.17, 15) is 22.4 Å². The van der Waals surface area contributed by atoms with E-state index in [4.69, 9.17) is 0 Å². The van der Waals surface area contributed by atoms with Crippen LogP contribution in [0.15, 0.2) is 45.6 Å². The molecule has 0 saturated heterocycles. The number of benzene rings is 2. The Morgan fingerprint density at radius 2 is 1.57 bits per heavy atom. The molecule has 0 aliphatic heterocycles. The molecule has 0 radical (unpaired) electrons. The first kappa shape index (κ1) is 15.1. The SMILES string of the molecule is O=c1cc(NCc2ccccc2)c2c(F)c(F)c(F)c(F)c2o1. The van der Waals surface area contributed by atoms with Crippen molar-refractivity contribution >= 4 is 16.7 Å². The molecule has 1 heterocycles. The largest absolute Gasteiger partial charge is 0.419 e. The lowest BCUT2D eigenvalue weighted by Gasteiger charge is -2.11. The van der Waals surface area contributed by atoms with Crippen LogP contribution >= 0.6 is 0 Å². The summed E-state index contributed by atoms with van der Waals surface area (Å²) >= 11 is 0. The van der Waals surface area contributed by atoms with E-state index in [2.05, 4.69) is 9.73 Å². The second kappa shape index (κ2) is 5.75. The summed E-state index contributed by atoms with van der Waals surface area (Å²) in [6, 6.07) is 9.71. The number of hydrogen-bond donors (Lipinski definition) is 1. The van der Waals surface area contributed by atoms with Crippen LogP contribution in [0.5, 0.6) is 0 Å². The van der Waals surface area contributed by atoms with Crippen LogP contribution in [0.3, 0.4) is 0 Å². The minimum atomic E-state index is -2.03. The molecule has 1 aromatic heterocycles. The normalized spacial score (nSPS) is 11.0. The number of anilines is 1. The van der Waals surface area contributed by atoms with Crippen molar-refractivity contribution in [3.8, 4) is 0 Å². The summed E-state index contributed by atoms with van der Waals surface area (Å²) in [7, 11) is 0. The number of rotatable bonds is 3. The quantitative estimate of drug-likeness (QED) is 0.343. The average Bonchev–Trinajstić information content (AvgIpc) is 2.56. The molecule has 7 heteroatoms. The number of nitrogens with one attached hydrogen (secondary N) is 1. The third kappa shape index (κ3) is 2.65. The maximum absolute atomic E-state index is 14.0. The van der Waals surface area contributed by atoms with Crippen LogP contribution < -0.4 is 10.9 Å². The first-order chi connectivity index (χ1) is 11.0. The molecule has 0 spiro atoms. The van der Waals surface area contributed by atoms with Crippen molar-refractivity contribution < 1.29 is 22.0 Å². The van der Waals surface area contributed by atoms with Gasteiger partial charge in [-0.15, -0.1) is 0 Å². The standard InChI is InChI=1S/C16H9F4NO2/c17-12-11-9(21-7-8-4-2-1-3-5-8)6-10(22)23-16(11)15(20)14(19)13(12)18/h1-6,21H,7H2. The second-order valence-electron chi connectivity index (χ2n) is 4.78. The molecule has 0 aliphatic rings. The third-order valence-electron chi connectivity index (χ3n) is 3.28. The highest BCUT2D eigenvalue weighted by Crippen LogP contribution is 2.31. The van der Waals surface area contributed by atoms with E-state index in [1.807, 2.05) is 0 Å². The lowest BCUT2D eigenvalue weighted by molar-refractivity contribution is 0.405. The van der Waals surface area contributed by atoms with Gasteiger partial charge in [0.2, 0.25) is 11.6 Å².